The molecule has 23 heavy (non-hydrogen) atoms. The van der Waals surface area contributed by atoms with Crippen molar-refractivity contribution in [3.8, 4) is 0 Å². The van der Waals surface area contributed by atoms with E-state index in [4.69, 9.17) is 5.73 Å². The van der Waals surface area contributed by atoms with E-state index in [1.165, 1.54) is 0 Å². The van der Waals surface area contributed by atoms with Crippen LogP contribution in [-0.2, 0) is 0 Å². The van der Waals surface area contributed by atoms with Gasteiger partial charge in [0, 0.05) is 19.0 Å². The molecule has 1 aliphatic rings. The molecule has 3 rings (SSSR count). The lowest BCUT2D eigenvalue weighted by Gasteiger charge is -2.17. The number of carbonyl (C=O) groups is 1. The Kier molecular flexibility index (Phi) is 4.39. The van der Waals surface area contributed by atoms with Gasteiger partial charge >= 0.3 is 0 Å². The van der Waals surface area contributed by atoms with Gasteiger partial charge in [0.2, 0.25) is 0 Å². The zero-order valence-corrected chi connectivity index (χ0v) is 12.6. The molecule has 0 saturated carbocycles. The summed E-state index contributed by atoms with van der Waals surface area (Å²) in [6, 6.07) is 12.8. The van der Waals surface area contributed by atoms with E-state index < -0.39 is 17.5 Å². The average Bonchev–Trinajstić information content (AvgIpc) is 3.01. The fourth-order valence-electron chi connectivity index (χ4n) is 3.19. The van der Waals surface area contributed by atoms with E-state index in [1.807, 2.05) is 30.3 Å². The van der Waals surface area contributed by atoms with E-state index in [-0.39, 0.29) is 17.4 Å². The SMILES string of the molecule is NC[C@@H]1CN(C(=O)c2cc(F)ccc2F)C[C@H]1c1ccccc1. The number of amides is 1. The Morgan fingerprint density at radius 3 is 2.57 bits per heavy atom. The highest BCUT2D eigenvalue weighted by atomic mass is 19.1. The van der Waals surface area contributed by atoms with E-state index in [0.29, 0.717) is 19.6 Å². The molecule has 3 nitrogen and oxygen atoms in total. The number of rotatable bonds is 3. The van der Waals surface area contributed by atoms with Gasteiger partial charge in [-0.2, -0.15) is 0 Å². The van der Waals surface area contributed by atoms with Gasteiger partial charge in [-0.15, -0.1) is 0 Å². The van der Waals surface area contributed by atoms with Crippen molar-refractivity contribution in [1.29, 1.82) is 0 Å². The number of hydrogen-bond donors (Lipinski definition) is 1. The number of hydrogen-bond acceptors (Lipinski definition) is 2. The Bertz CT molecular complexity index is 705. The van der Waals surface area contributed by atoms with Gasteiger partial charge in [0.1, 0.15) is 11.6 Å². The van der Waals surface area contributed by atoms with Gasteiger partial charge in [-0.25, -0.2) is 8.78 Å². The summed E-state index contributed by atoms with van der Waals surface area (Å²) in [7, 11) is 0. The van der Waals surface area contributed by atoms with Gasteiger partial charge in [-0.3, -0.25) is 4.79 Å². The summed E-state index contributed by atoms with van der Waals surface area (Å²) in [4.78, 5) is 14.1. The van der Waals surface area contributed by atoms with Crippen LogP contribution >= 0.6 is 0 Å². The van der Waals surface area contributed by atoms with Crippen LogP contribution in [0.5, 0.6) is 0 Å². The van der Waals surface area contributed by atoms with Crippen LogP contribution in [0.15, 0.2) is 48.5 Å². The molecule has 2 atom stereocenters. The van der Waals surface area contributed by atoms with Crippen LogP contribution in [0.1, 0.15) is 21.8 Å². The molecule has 5 heteroatoms. The van der Waals surface area contributed by atoms with Crippen molar-refractivity contribution < 1.29 is 13.6 Å². The predicted molar refractivity (Wildman–Crippen MR) is 84.0 cm³/mol. The fourth-order valence-corrected chi connectivity index (χ4v) is 3.19. The molecule has 0 bridgehead atoms. The van der Waals surface area contributed by atoms with Crippen molar-refractivity contribution in [3.63, 3.8) is 0 Å². The standard InChI is InChI=1S/C18H18F2N2O/c19-14-6-7-17(20)15(8-14)18(23)22-10-13(9-21)16(11-22)12-4-2-1-3-5-12/h1-8,13,16H,9-11,21H2/t13-,16+/m1/s1. The molecule has 0 radical (unpaired) electrons. The summed E-state index contributed by atoms with van der Waals surface area (Å²) in [6.07, 6.45) is 0. The summed E-state index contributed by atoms with van der Waals surface area (Å²) in [5.74, 6) is -1.59. The normalized spacial score (nSPS) is 20.7. The molecule has 1 fully saturated rings. The Hall–Kier alpha value is -2.27. The molecule has 2 N–H and O–H groups in total. The second kappa shape index (κ2) is 6.46. The molecule has 2 aromatic rings. The van der Waals surface area contributed by atoms with E-state index in [9.17, 15) is 13.6 Å². The number of carbonyl (C=O) groups excluding carboxylic acids is 1. The number of benzene rings is 2. The number of likely N-dealkylation sites (tertiary alicyclic amines) is 1. The van der Waals surface area contributed by atoms with Crippen LogP contribution in [0, 0.1) is 17.6 Å². The number of nitrogens with zero attached hydrogens (tertiary/aromatic N) is 1. The third kappa shape index (κ3) is 3.10. The smallest absolute Gasteiger partial charge is 0.256 e. The minimum absolute atomic E-state index is 0.109. The van der Waals surface area contributed by atoms with Crippen LogP contribution in [0.4, 0.5) is 8.78 Å². The second-order valence-electron chi connectivity index (χ2n) is 5.85. The van der Waals surface area contributed by atoms with Crippen molar-refractivity contribution in [2.24, 2.45) is 11.7 Å². The largest absolute Gasteiger partial charge is 0.338 e. The van der Waals surface area contributed by atoms with Crippen LogP contribution in [0.25, 0.3) is 0 Å². The predicted octanol–water partition coefficient (Wildman–Crippen LogP) is 2.78. The van der Waals surface area contributed by atoms with Crippen molar-refractivity contribution >= 4 is 5.91 Å². The molecule has 0 aliphatic carbocycles. The van der Waals surface area contributed by atoms with E-state index >= 15 is 0 Å². The summed E-state index contributed by atoms with van der Waals surface area (Å²) < 4.78 is 27.2. The Morgan fingerprint density at radius 2 is 1.87 bits per heavy atom. The molecule has 1 heterocycles. The second-order valence-corrected chi connectivity index (χ2v) is 5.85. The Labute approximate surface area is 133 Å². The first-order chi connectivity index (χ1) is 11.1. The van der Waals surface area contributed by atoms with Crippen molar-refractivity contribution in [3.05, 3.63) is 71.3 Å². The summed E-state index contributed by atoms with van der Waals surface area (Å²) in [5, 5.41) is 0. The van der Waals surface area contributed by atoms with Crippen molar-refractivity contribution in [1.82, 2.24) is 4.90 Å². The average molecular weight is 316 g/mol. The lowest BCUT2D eigenvalue weighted by molar-refractivity contribution is 0.0781. The molecule has 1 amide bonds. The highest BCUT2D eigenvalue weighted by Crippen LogP contribution is 2.33. The van der Waals surface area contributed by atoms with Crippen LogP contribution in [0.3, 0.4) is 0 Å². The summed E-state index contributed by atoms with van der Waals surface area (Å²) in [6.45, 7) is 1.35. The molecule has 0 aromatic heterocycles. The van der Waals surface area contributed by atoms with Gasteiger partial charge in [-0.05, 0) is 36.2 Å². The number of nitrogens with two attached hydrogens (primary N) is 1. The van der Waals surface area contributed by atoms with Gasteiger partial charge in [-0.1, -0.05) is 30.3 Å². The quantitative estimate of drug-likeness (QED) is 0.946. The van der Waals surface area contributed by atoms with E-state index in [2.05, 4.69) is 0 Å². The third-order valence-electron chi connectivity index (χ3n) is 4.42. The first-order valence-electron chi connectivity index (χ1n) is 7.59. The Balaban J connectivity index is 1.84. The molecule has 0 spiro atoms. The monoisotopic (exact) mass is 316 g/mol. The van der Waals surface area contributed by atoms with Gasteiger partial charge in [0.15, 0.2) is 0 Å². The molecule has 2 aromatic carbocycles. The van der Waals surface area contributed by atoms with Crippen molar-refractivity contribution in [2.75, 3.05) is 19.6 Å². The minimum Gasteiger partial charge on any atom is -0.338 e. The molecule has 120 valence electrons. The lowest BCUT2D eigenvalue weighted by Crippen LogP contribution is -2.30. The van der Waals surface area contributed by atoms with Crippen LogP contribution in [0.2, 0.25) is 0 Å². The molecule has 0 unspecified atom stereocenters. The van der Waals surface area contributed by atoms with Crippen LogP contribution < -0.4 is 5.73 Å². The zero-order chi connectivity index (χ0) is 16.4. The topological polar surface area (TPSA) is 46.3 Å². The van der Waals surface area contributed by atoms with Gasteiger partial charge < -0.3 is 10.6 Å². The highest BCUT2D eigenvalue weighted by molar-refractivity contribution is 5.94. The molecule has 1 saturated heterocycles. The maximum Gasteiger partial charge on any atom is 0.256 e. The first-order valence-corrected chi connectivity index (χ1v) is 7.59. The van der Waals surface area contributed by atoms with Gasteiger partial charge in [0.05, 0.1) is 5.56 Å². The lowest BCUT2D eigenvalue weighted by atomic mass is 9.89. The van der Waals surface area contributed by atoms with E-state index in [1.54, 1.807) is 4.90 Å². The third-order valence-corrected chi connectivity index (χ3v) is 4.42. The zero-order valence-electron chi connectivity index (χ0n) is 12.6. The Morgan fingerprint density at radius 1 is 1.13 bits per heavy atom. The van der Waals surface area contributed by atoms with Gasteiger partial charge in [0.25, 0.3) is 5.91 Å². The van der Waals surface area contributed by atoms with Crippen molar-refractivity contribution in [2.45, 2.75) is 5.92 Å². The first kappa shape index (κ1) is 15.6. The van der Waals surface area contributed by atoms with E-state index in [0.717, 1.165) is 23.8 Å². The maximum absolute atomic E-state index is 13.8. The molecule has 1 aliphatic heterocycles. The summed E-state index contributed by atoms with van der Waals surface area (Å²) >= 11 is 0. The highest BCUT2D eigenvalue weighted by Gasteiger charge is 2.36. The fraction of sp³-hybridized carbons (Fsp3) is 0.278. The summed E-state index contributed by atoms with van der Waals surface area (Å²) in [5.41, 5.74) is 6.73. The molecular weight excluding hydrogens is 298 g/mol. The minimum atomic E-state index is -0.705. The van der Waals surface area contributed by atoms with Crippen LogP contribution in [-0.4, -0.2) is 30.4 Å². The number of halogens is 2. The maximum atomic E-state index is 13.8. The molecular formula is C18H18F2N2O.